The van der Waals surface area contributed by atoms with Gasteiger partial charge in [0.2, 0.25) is 0 Å². The van der Waals surface area contributed by atoms with E-state index in [0.717, 1.165) is 11.3 Å². The Labute approximate surface area is 134 Å². The van der Waals surface area contributed by atoms with Gasteiger partial charge < -0.3 is 4.74 Å². The predicted molar refractivity (Wildman–Crippen MR) is 83.2 cm³/mol. The van der Waals surface area contributed by atoms with E-state index < -0.39 is 22.0 Å². The topological polar surface area (TPSA) is 102 Å². The maximum absolute atomic E-state index is 11.9. The number of amides is 1. The Morgan fingerprint density at radius 2 is 1.91 bits per heavy atom. The molecule has 0 aliphatic heterocycles. The summed E-state index contributed by atoms with van der Waals surface area (Å²) in [5.74, 6) is -2.08. The zero-order valence-electron chi connectivity index (χ0n) is 12.8. The monoisotopic (exact) mass is 342 g/mol. The highest BCUT2D eigenvalue weighted by atomic mass is 32.2. The largest absolute Gasteiger partial charge is 0.459 e. The van der Waals surface area contributed by atoms with Crippen LogP contribution in [0.5, 0.6) is 0 Å². The Morgan fingerprint density at radius 3 is 2.48 bits per heavy atom. The molecule has 9 heteroatoms. The number of ether oxygens (including phenoxy) is 1. The highest BCUT2D eigenvalue weighted by Gasteiger charge is 2.23. The molecule has 1 amide bonds. The lowest BCUT2D eigenvalue weighted by Crippen LogP contribution is -2.36. The van der Waals surface area contributed by atoms with Gasteiger partial charge >= 0.3 is 11.9 Å². The van der Waals surface area contributed by atoms with Crippen molar-refractivity contribution >= 4 is 28.2 Å². The average Bonchev–Trinajstić information content (AvgIpc) is 2.50. The molecule has 0 spiro atoms. The van der Waals surface area contributed by atoms with Gasteiger partial charge in [-0.05, 0) is 12.5 Å². The van der Waals surface area contributed by atoms with E-state index in [4.69, 9.17) is 0 Å². The number of rotatable bonds is 7. The van der Waals surface area contributed by atoms with Crippen molar-refractivity contribution in [2.24, 2.45) is 5.10 Å². The Hall–Kier alpha value is -2.26. The van der Waals surface area contributed by atoms with Gasteiger partial charge in [-0.15, -0.1) is 0 Å². The van der Waals surface area contributed by atoms with Gasteiger partial charge in [0.25, 0.3) is 10.1 Å². The average molecular weight is 342 g/mol. The van der Waals surface area contributed by atoms with Crippen molar-refractivity contribution in [3.8, 4) is 0 Å². The smallest absolute Gasteiger partial charge is 0.398 e. The molecule has 0 heterocycles. The Kier molecular flexibility index (Phi) is 7.36. The van der Waals surface area contributed by atoms with Gasteiger partial charge in [-0.1, -0.05) is 30.3 Å². The minimum Gasteiger partial charge on any atom is -0.459 e. The van der Waals surface area contributed by atoms with E-state index in [1.54, 1.807) is 31.2 Å². The highest BCUT2D eigenvalue weighted by molar-refractivity contribution is 7.85. The fourth-order valence-electron chi connectivity index (χ4n) is 1.46. The van der Waals surface area contributed by atoms with Crippen molar-refractivity contribution in [1.82, 2.24) is 5.01 Å². The van der Waals surface area contributed by atoms with E-state index in [9.17, 15) is 18.0 Å². The van der Waals surface area contributed by atoms with Crippen LogP contribution in [0.2, 0.25) is 0 Å². The van der Waals surface area contributed by atoms with Gasteiger partial charge in [0.15, 0.2) is 0 Å². The number of benzene rings is 1. The first kappa shape index (κ1) is 18.8. The van der Waals surface area contributed by atoms with E-state index in [-0.39, 0.29) is 19.8 Å². The number of nitrogens with zero attached hydrogens (tertiary/aromatic N) is 2. The van der Waals surface area contributed by atoms with Crippen molar-refractivity contribution < 1.29 is 26.9 Å². The third-order valence-corrected chi connectivity index (χ3v) is 3.03. The second kappa shape index (κ2) is 9.01. The lowest BCUT2D eigenvalue weighted by atomic mass is 10.2. The Morgan fingerprint density at radius 1 is 1.26 bits per heavy atom. The first-order valence-corrected chi connectivity index (χ1v) is 8.57. The molecule has 0 atom stereocenters. The molecule has 0 aromatic heterocycles. The minimum absolute atomic E-state index is 0.0423. The fraction of sp³-hybridized carbons (Fsp3) is 0.357. The fourth-order valence-corrected chi connectivity index (χ4v) is 1.84. The van der Waals surface area contributed by atoms with Crippen LogP contribution in [0.1, 0.15) is 12.5 Å². The molecule has 126 valence electrons. The standard InChI is InChI=1S/C14H18N2O6S/c1-3-21-14(18)13(17)16(9-10-22-23(2,19)20)15-11-12-7-5-4-6-8-12/h4-8,11H,3,9-10H2,1-2H3. The van der Waals surface area contributed by atoms with E-state index in [1.807, 2.05) is 6.07 Å². The summed E-state index contributed by atoms with van der Waals surface area (Å²) in [6.07, 6.45) is 2.26. The maximum Gasteiger partial charge on any atom is 0.398 e. The molecule has 1 rings (SSSR count). The number of carbonyl (C=O) groups is 2. The van der Waals surface area contributed by atoms with Crippen molar-refractivity contribution in [1.29, 1.82) is 0 Å². The molecule has 0 N–H and O–H groups in total. The normalized spacial score (nSPS) is 11.4. The van der Waals surface area contributed by atoms with Crippen LogP contribution < -0.4 is 0 Å². The molecule has 1 aromatic rings. The lowest BCUT2D eigenvalue weighted by Gasteiger charge is -2.15. The van der Waals surface area contributed by atoms with Gasteiger partial charge in [0.05, 0.1) is 32.2 Å². The van der Waals surface area contributed by atoms with Crippen LogP contribution in [0, 0.1) is 0 Å². The molecule has 1 aromatic carbocycles. The van der Waals surface area contributed by atoms with Gasteiger partial charge in [-0.3, -0.25) is 8.98 Å². The molecular weight excluding hydrogens is 324 g/mol. The third kappa shape index (κ3) is 7.52. The van der Waals surface area contributed by atoms with Crippen LogP contribution in [0.4, 0.5) is 0 Å². The molecule has 23 heavy (non-hydrogen) atoms. The van der Waals surface area contributed by atoms with Gasteiger partial charge in [-0.25, -0.2) is 9.80 Å². The molecule has 0 aliphatic carbocycles. The van der Waals surface area contributed by atoms with E-state index in [1.165, 1.54) is 6.21 Å². The molecule has 0 bridgehead atoms. The Bertz CT molecular complexity index is 657. The van der Waals surface area contributed by atoms with Crippen LogP contribution in [0.15, 0.2) is 35.4 Å². The summed E-state index contributed by atoms with van der Waals surface area (Å²) in [7, 11) is -3.65. The number of esters is 1. The summed E-state index contributed by atoms with van der Waals surface area (Å²) in [5, 5.41) is 4.70. The number of hydrogen-bond acceptors (Lipinski definition) is 7. The maximum atomic E-state index is 11.9. The van der Waals surface area contributed by atoms with E-state index >= 15 is 0 Å². The summed E-state index contributed by atoms with van der Waals surface area (Å²) in [4.78, 5) is 23.5. The highest BCUT2D eigenvalue weighted by Crippen LogP contribution is 1.99. The number of hydrazone groups is 1. The molecular formula is C14H18N2O6S. The third-order valence-electron chi connectivity index (χ3n) is 2.43. The molecule has 0 fully saturated rings. The number of hydrogen-bond donors (Lipinski definition) is 0. The van der Waals surface area contributed by atoms with Crippen molar-refractivity contribution in [2.45, 2.75) is 6.92 Å². The SMILES string of the molecule is CCOC(=O)C(=O)N(CCOS(C)(=O)=O)N=Cc1ccccc1. The molecule has 0 aliphatic rings. The predicted octanol–water partition coefficient (Wildman–Crippen LogP) is 0.388. The Balaban J connectivity index is 2.81. The van der Waals surface area contributed by atoms with E-state index in [0.29, 0.717) is 5.56 Å². The zero-order chi connectivity index (χ0) is 17.3. The van der Waals surface area contributed by atoms with Gasteiger partial charge in [-0.2, -0.15) is 13.5 Å². The second-order valence-corrected chi connectivity index (χ2v) is 5.97. The summed E-state index contributed by atoms with van der Waals surface area (Å²) in [6, 6.07) is 8.89. The second-order valence-electron chi connectivity index (χ2n) is 4.33. The van der Waals surface area contributed by atoms with Crippen molar-refractivity contribution in [3.63, 3.8) is 0 Å². The van der Waals surface area contributed by atoms with Crippen molar-refractivity contribution in [2.75, 3.05) is 26.0 Å². The summed E-state index contributed by atoms with van der Waals surface area (Å²) in [5.41, 5.74) is 0.707. The van der Waals surface area contributed by atoms with Crippen LogP contribution in [-0.2, 0) is 28.6 Å². The van der Waals surface area contributed by atoms with Crippen LogP contribution in [0.3, 0.4) is 0 Å². The van der Waals surface area contributed by atoms with Crippen LogP contribution in [0.25, 0.3) is 0 Å². The van der Waals surface area contributed by atoms with E-state index in [2.05, 4.69) is 14.0 Å². The van der Waals surface area contributed by atoms with Gasteiger partial charge in [0, 0.05) is 0 Å². The molecule has 0 saturated heterocycles. The molecule has 0 saturated carbocycles. The van der Waals surface area contributed by atoms with Crippen molar-refractivity contribution in [3.05, 3.63) is 35.9 Å². The first-order chi connectivity index (χ1) is 10.8. The first-order valence-electron chi connectivity index (χ1n) is 6.75. The van der Waals surface area contributed by atoms with Gasteiger partial charge in [0.1, 0.15) is 0 Å². The van der Waals surface area contributed by atoms with Crippen LogP contribution >= 0.6 is 0 Å². The summed E-state index contributed by atoms with van der Waals surface area (Å²) >= 11 is 0. The minimum atomic E-state index is -3.65. The molecule has 0 unspecified atom stereocenters. The number of carbonyl (C=O) groups excluding carboxylic acids is 2. The lowest BCUT2D eigenvalue weighted by molar-refractivity contribution is -0.160. The quantitative estimate of drug-likeness (QED) is 0.233. The molecule has 0 radical (unpaired) electrons. The van der Waals surface area contributed by atoms with Crippen LogP contribution in [-0.4, -0.2) is 57.5 Å². The summed E-state index contributed by atoms with van der Waals surface area (Å²) < 4.78 is 31.1. The zero-order valence-corrected chi connectivity index (χ0v) is 13.7. The molecule has 8 nitrogen and oxygen atoms in total. The summed E-state index contributed by atoms with van der Waals surface area (Å²) in [6.45, 7) is 1.07.